The first-order chi connectivity index (χ1) is 7.18. The molecule has 0 fully saturated rings. The highest BCUT2D eigenvalue weighted by Crippen LogP contribution is 2.19. The Balaban J connectivity index is 2.32. The first-order valence-electron chi connectivity index (χ1n) is 4.59. The minimum absolute atomic E-state index is 0.115. The molecule has 0 bridgehead atoms. The van der Waals surface area contributed by atoms with Crippen molar-refractivity contribution in [1.82, 2.24) is 15.0 Å². The molecule has 15 heavy (non-hydrogen) atoms. The van der Waals surface area contributed by atoms with Crippen LogP contribution in [0.3, 0.4) is 0 Å². The molecule has 0 radical (unpaired) electrons. The van der Waals surface area contributed by atoms with Crippen molar-refractivity contribution in [2.24, 2.45) is 0 Å². The van der Waals surface area contributed by atoms with E-state index < -0.39 is 0 Å². The summed E-state index contributed by atoms with van der Waals surface area (Å²) < 4.78 is 2.93. The molecule has 0 spiro atoms. The number of hydrogen-bond acceptors (Lipinski definition) is 3. The van der Waals surface area contributed by atoms with Crippen LogP contribution >= 0.6 is 22.6 Å². The fraction of sp³-hybridized carbons (Fsp3) is 0.200. The van der Waals surface area contributed by atoms with Crippen molar-refractivity contribution in [3.8, 4) is 0 Å². The second-order valence-electron chi connectivity index (χ2n) is 3.33. The zero-order chi connectivity index (χ0) is 10.8. The lowest BCUT2D eigenvalue weighted by atomic mass is 10.1. The van der Waals surface area contributed by atoms with E-state index in [0.29, 0.717) is 5.82 Å². The third-order valence-corrected chi connectivity index (χ3v) is 3.04. The molecule has 0 amide bonds. The highest BCUT2D eigenvalue weighted by Gasteiger charge is 2.10. The topological polar surface area (TPSA) is 56.7 Å². The van der Waals surface area contributed by atoms with Gasteiger partial charge in [-0.1, -0.05) is 17.3 Å². The van der Waals surface area contributed by atoms with Gasteiger partial charge in [0.05, 0.1) is 12.2 Å². The molecule has 5 heteroatoms. The largest absolute Gasteiger partial charge is 0.383 e. The Hall–Kier alpha value is -1.11. The van der Waals surface area contributed by atoms with Crippen molar-refractivity contribution in [2.75, 3.05) is 5.73 Å². The number of halogens is 1. The van der Waals surface area contributed by atoms with E-state index in [-0.39, 0.29) is 6.04 Å². The Labute approximate surface area is 102 Å². The van der Waals surface area contributed by atoms with Crippen LogP contribution in [-0.4, -0.2) is 15.0 Å². The molecule has 78 valence electrons. The standard InChI is InChI=1S/C10H11IN4/c1-7(15-10(12)6-13-14-15)8-2-4-9(11)5-3-8/h2-7H,12H2,1H3/t7-/m0/s1. The number of nitrogens with zero attached hydrogens (tertiary/aromatic N) is 3. The Morgan fingerprint density at radius 3 is 2.53 bits per heavy atom. The van der Waals surface area contributed by atoms with Crippen molar-refractivity contribution in [2.45, 2.75) is 13.0 Å². The summed E-state index contributed by atoms with van der Waals surface area (Å²) in [6.45, 7) is 2.05. The highest BCUT2D eigenvalue weighted by molar-refractivity contribution is 14.1. The van der Waals surface area contributed by atoms with Gasteiger partial charge in [-0.2, -0.15) is 0 Å². The summed E-state index contributed by atoms with van der Waals surface area (Å²) >= 11 is 2.28. The van der Waals surface area contributed by atoms with Crippen molar-refractivity contribution in [1.29, 1.82) is 0 Å². The SMILES string of the molecule is C[C@@H](c1ccc(I)cc1)n1nncc1N. The minimum atomic E-state index is 0.115. The summed E-state index contributed by atoms with van der Waals surface area (Å²) in [6.07, 6.45) is 1.56. The van der Waals surface area contributed by atoms with Crippen LogP contribution in [0.15, 0.2) is 30.5 Å². The smallest absolute Gasteiger partial charge is 0.142 e. The summed E-state index contributed by atoms with van der Waals surface area (Å²) in [6, 6.07) is 8.41. The minimum Gasteiger partial charge on any atom is -0.383 e. The molecule has 4 nitrogen and oxygen atoms in total. The molecule has 0 aliphatic carbocycles. The second kappa shape index (κ2) is 4.18. The normalized spacial score (nSPS) is 12.7. The number of anilines is 1. The zero-order valence-corrected chi connectivity index (χ0v) is 10.4. The second-order valence-corrected chi connectivity index (χ2v) is 4.58. The van der Waals surface area contributed by atoms with Gasteiger partial charge in [0.25, 0.3) is 0 Å². The molecular weight excluding hydrogens is 303 g/mol. The molecule has 0 aliphatic rings. The lowest BCUT2D eigenvalue weighted by molar-refractivity contribution is 0.550. The molecule has 1 heterocycles. The number of nitrogen functional groups attached to an aromatic ring is 1. The lowest BCUT2D eigenvalue weighted by Crippen LogP contribution is -2.11. The molecule has 0 unspecified atom stereocenters. The van der Waals surface area contributed by atoms with Crippen LogP contribution in [-0.2, 0) is 0 Å². The van der Waals surface area contributed by atoms with Gasteiger partial charge in [0.2, 0.25) is 0 Å². The van der Waals surface area contributed by atoms with Gasteiger partial charge >= 0.3 is 0 Å². The Morgan fingerprint density at radius 1 is 1.33 bits per heavy atom. The highest BCUT2D eigenvalue weighted by atomic mass is 127. The predicted octanol–water partition coefficient (Wildman–Crippen LogP) is 2.07. The molecule has 0 aliphatic heterocycles. The first-order valence-corrected chi connectivity index (χ1v) is 5.67. The molecule has 1 aromatic heterocycles. The van der Waals surface area contributed by atoms with Gasteiger partial charge in [-0.05, 0) is 47.2 Å². The number of hydrogen-bond donors (Lipinski definition) is 1. The van der Waals surface area contributed by atoms with Crippen LogP contribution in [0.2, 0.25) is 0 Å². The molecule has 0 saturated heterocycles. The van der Waals surface area contributed by atoms with Gasteiger partial charge < -0.3 is 5.73 Å². The van der Waals surface area contributed by atoms with Crippen LogP contribution < -0.4 is 5.73 Å². The fourth-order valence-corrected chi connectivity index (χ4v) is 1.79. The first kappa shape index (κ1) is 10.4. The third kappa shape index (κ3) is 2.11. The van der Waals surface area contributed by atoms with E-state index in [1.165, 1.54) is 9.13 Å². The van der Waals surface area contributed by atoms with Crippen molar-refractivity contribution in [3.05, 3.63) is 39.6 Å². The van der Waals surface area contributed by atoms with E-state index in [2.05, 4.69) is 57.2 Å². The summed E-state index contributed by atoms with van der Waals surface area (Å²) in [5.74, 6) is 0.584. The van der Waals surface area contributed by atoms with Gasteiger partial charge in [0, 0.05) is 3.57 Å². The number of nitrogens with two attached hydrogens (primary N) is 1. The van der Waals surface area contributed by atoms with Crippen LogP contribution in [0, 0.1) is 3.57 Å². The average Bonchev–Trinajstić information content (AvgIpc) is 2.65. The summed E-state index contributed by atoms with van der Waals surface area (Å²) in [5, 5.41) is 7.73. The molecule has 0 saturated carbocycles. The van der Waals surface area contributed by atoms with Gasteiger partial charge in [-0.25, -0.2) is 4.68 Å². The van der Waals surface area contributed by atoms with Crippen molar-refractivity contribution < 1.29 is 0 Å². The molecule has 2 aromatic rings. The summed E-state index contributed by atoms with van der Waals surface area (Å²) in [7, 11) is 0. The maximum Gasteiger partial charge on any atom is 0.142 e. The Morgan fingerprint density at radius 2 is 2.00 bits per heavy atom. The molecule has 2 N–H and O–H groups in total. The van der Waals surface area contributed by atoms with E-state index in [9.17, 15) is 0 Å². The Bertz CT molecular complexity index is 449. The van der Waals surface area contributed by atoms with Crippen LogP contribution in [0.4, 0.5) is 5.82 Å². The molecule has 1 aromatic carbocycles. The number of aromatic nitrogens is 3. The maximum atomic E-state index is 5.75. The van der Waals surface area contributed by atoms with E-state index >= 15 is 0 Å². The van der Waals surface area contributed by atoms with Gasteiger partial charge in [-0.15, -0.1) is 5.10 Å². The molecular formula is C10H11IN4. The Kier molecular flexibility index (Phi) is 2.90. The number of benzene rings is 1. The average molecular weight is 314 g/mol. The van der Waals surface area contributed by atoms with Gasteiger partial charge in [-0.3, -0.25) is 0 Å². The van der Waals surface area contributed by atoms with E-state index in [1.807, 2.05) is 6.92 Å². The van der Waals surface area contributed by atoms with Crippen LogP contribution in [0.5, 0.6) is 0 Å². The molecule has 1 atom stereocenters. The predicted molar refractivity (Wildman–Crippen MR) is 67.4 cm³/mol. The third-order valence-electron chi connectivity index (χ3n) is 2.32. The summed E-state index contributed by atoms with van der Waals surface area (Å²) in [4.78, 5) is 0. The quantitative estimate of drug-likeness (QED) is 0.864. The zero-order valence-electron chi connectivity index (χ0n) is 8.26. The number of rotatable bonds is 2. The van der Waals surface area contributed by atoms with E-state index in [4.69, 9.17) is 5.73 Å². The van der Waals surface area contributed by atoms with Crippen LogP contribution in [0.25, 0.3) is 0 Å². The van der Waals surface area contributed by atoms with Crippen molar-refractivity contribution >= 4 is 28.4 Å². The fourth-order valence-electron chi connectivity index (χ4n) is 1.43. The maximum absolute atomic E-state index is 5.75. The monoisotopic (exact) mass is 314 g/mol. The lowest BCUT2D eigenvalue weighted by Gasteiger charge is -2.13. The van der Waals surface area contributed by atoms with E-state index in [1.54, 1.807) is 10.9 Å². The summed E-state index contributed by atoms with van der Waals surface area (Å²) in [5.41, 5.74) is 6.92. The van der Waals surface area contributed by atoms with E-state index in [0.717, 1.165) is 0 Å². The van der Waals surface area contributed by atoms with Crippen molar-refractivity contribution in [3.63, 3.8) is 0 Å². The van der Waals surface area contributed by atoms with Gasteiger partial charge in [0.15, 0.2) is 0 Å². The van der Waals surface area contributed by atoms with Gasteiger partial charge in [0.1, 0.15) is 5.82 Å². The molecule has 2 rings (SSSR count). The van der Waals surface area contributed by atoms with Crippen LogP contribution in [0.1, 0.15) is 18.5 Å².